The first-order chi connectivity index (χ1) is 29.4. The van der Waals surface area contributed by atoms with Crippen molar-refractivity contribution in [3.05, 3.63) is 85.1 Å². The second-order valence-corrected chi connectivity index (χ2v) is 17.0. The van der Waals surface area contributed by atoms with Crippen LogP contribution in [0.25, 0.3) is 0 Å². The number of carbonyl (C=O) groups excluding carboxylic acids is 1. The topological polar surface area (TPSA) is 117 Å². The fraction of sp³-hybridized carbons (Fsp3) is 0.706. The molecule has 60 heavy (non-hydrogen) atoms. The predicted octanol–water partition coefficient (Wildman–Crippen LogP) is 14.9. The quantitative estimate of drug-likeness (QED) is 0.0269. The van der Waals surface area contributed by atoms with Gasteiger partial charge in [0.05, 0.1) is 19.8 Å². The fourth-order valence-electron chi connectivity index (χ4n) is 6.29. The number of phosphoric acid groups is 1. The molecule has 0 spiro atoms. The van der Waals surface area contributed by atoms with Crippen LogP contribution in [-0.4, -0.2) is 49.9 Å². The lowest BCUT2D eigenvalue weighted by atomic mass is 10.1. The van der Waals surface area contributed by atoms with Crippen LogP contribution < -0.4 is 5.73 Å². The van der Waals surface area contributed by atoms with E-state index in [1.807, 2.05) is 0 Å². The Balaban J connectivity index is 4.08. The first-order valence-corrected chi connectivity index (χ1v) is 25.6. The molecule has 0 aromatic rings. The Bertz CT molecular complexity index is 1190. The van der Waals surface area contributed by atoms with E-state index in [1.165, 1.54) is 89.9 Å². The summed E-state index contributed by atoms with van der Waals surface area (Å²) in [6, 6.07) is 0. The maximum Gasteiger partial charge on any atom is 0.472 e. The van der Waals surface area contributed by atoms with E-state index in [-0.39, 0.29) is 32.3 Å². The summed E-state index contributed by atoms with van der Waals surface area (Å²) in [6.45, 7) is 4.71. The molecule has 0 amide bonds. The van der Waals surface area contributed by atoms with Gasteiger partial charge in [-0.15, -0.1) is 0 Å². The Hall–Kier alpha value is -2.32. The zero-order chi connectivity index (χ0) is 43.7. The van der Waals surface area contributed by atoms with E-state index in [1.54, 1.807) is 0 Å². The summed E-state index contributed by atoms with van der Waals surface area (Å²) < 4.78 is 33.5. The molecule has 8 nitrogen and oxygen atoms in total. The Kier molecular flexibility index (Phi) is 45.9. The van der Waals surface area contributed by atoms with Crippen LogP contribution in [0.4, 0.5) is 0 Å². The fourth-order valence-corrected chi connectivity index (χ4v) is 7.05. The van der Waals surface area contributed by atoms with Crippen LogP contribution in [0.15, 0.2) is 85.1 Å². The van der Waals surface area contributed by atoms with Gasteiger partial charge in [-0.05, 0) is 89.9 Å². The number of rotatable bonds is 45. The van der Waals surface area contributed by atoms with Crippen LogP contribution >= 0.6 is 7.82 Å². The standard InChI is InChI=1S/C51H90NO7P/c1-3-5-7-9-11-13-15-17-19-21-23-24-25-27-29-31-33-35-37-39-41-43-46-56-48-50(49-58-60(54,55)57-47-45-52)59-51(53)44-42-40-38-36-34-32-30-28-26-22-20-18-16-14-12-10-8-6-4-2/h5,7,11,13,17-20,23-24,27,29,33,35,50H,3-4,6,8-10,12,14-16,21-22,25-26,28,30-32,34,36-49,52H2,1-2H3,(H,54,55)/b7-5-,13-11-,19-17-,20-18-,24-23-,29-27-,35-33-. The molecule has 0 saturated heterocycles. The minimum absolute atomic E-state index is 0.0886. The maximum absolute atomic E-state index is 12.6. The maximum atomic E-state index is 12.6. The number of hydrogen-bond acceptors (Lipinski definition) is 7. The van der Waals surface area contributed by atoms with Gasteiger partial charge in [-0.3, -0.25) is 13.8 Å². The van der Waals surface area contributed by atoms with E-state index >= 15 is 0 Å². The second kappa shape index (κ2) is 47.7. The molecule has 346 valence electrons. The number of hydrogen-bond donors (Lipinski definition) is 2. The summed E-state index contributed by atoms with van der Waals surface area (Å²) in [5.74, 6) is -0.347. The van der Waals surface area contributed by atoms with Crippen LogP contribution in [-0.2, 0) is 27.9 Å². The van der Waals surface area contributed by atoms with E-state index in [2.05, 4.69) is 98.9 Å². The number of carbonyl (C=O) groups is 1. The molecule has 0 aromatic carbocycles. The van der Waals surface area contributed by atoms with E-state index in [9.17, 15) is 14.3 Å². The van der Waals surface area contributed by atoms with Crippen molar-refractivity contribution in [2.45, 2.75) is 200 Å². The largest absolute Gasteiger partial charge is 0.472 e. The van der Waals surface area contributed by atoms with Crippen molar-refractivity contribution in [2.75, 3.05) is 33.0 Å². The second-order valence-electron chi connectivity index (χ2n) is 15.6. The van der Waals surface area contributed by atoms with Gasteiger partial charge < -0.3 is 20.1 Å². The van der Waals surface area contributed by atoms with Crippen molar-refractivity contribution in [3.63, 3.8) is 0 Å². The van der Waals surface area contributed by atoms with E-state index in [4.69, 9.17) is 24.3 Å². The van der Waals surface area contributed by atoms with E-state index < -0.39 is 13.9 Å². The summed E-state index contributed by atoms with van der Waals surface area (Å²) in [6.07, 6.45) is 61.8. The zero-order valence-electron chi connectivity index (χ0n) is 38.4. The first kappa shape index (κ1) is 57.7. The first-order valence-electron chi connectivity index (χ1n) is 24.1. The molecule has 0 bridgehead atoms. The SMILES string of the molecule is CC/C=C\C/C=C\C/C=C\C/C=C\C/C=C\C/C=C\CCCCCOCC(COP(=O)(O)OCCN)OC(=O)CCCCCCCCCCC/C=C\CCCCCCCC. The lowest BCUT2D eigenvalue weighted by Crippen LogP contribution is -2.28. The number of phosphoric ester groups is 1. The molecule has 2 unspecified atom stereocenters. The highest BCUT2D eigenvalue weighted by molar-refractivity contribution is 7.47. The highest BCUT2D eigenvalue weighted by Crippen LogP contribution is 2.43. The lowest BCUT2D eigenvalue weighted by molar-refractivity contribution is -0.154. The molecule has 0 aliphatic rings. The Morgan fingerprint density at radius 2 is 0.933 bits per heavy atom. The number of nitrogens with two attached hydrogens (primary N) is 1. The zero-order valence-corrected chi connectivity index (χ0v) is 39.3. The molecule has 3 N–H and O–H groups in total. The molecule has 0 heterocycles. The summed E-state index contributed by atoms with van der Waals surface area (Å²) in [7, 11) is -4.30. The molecule has 0 rings (SSSR count). The molecule has 0 radical (unpaired) electrons. The predicted molar refractivity (Wildman–Crippen MR) is 256 cm³/mol. The van der Waals surface area contributed by atoms with Crippen LogP contribution in [0.1, 0.15) is 194 Å². The summed E-state index contributed by atoms with van der Waals surface area (Å²) >= 11 is 0. The smallest absolute Gasteiger partial charge is 0.457 e. The number of unbranched alkanes of at least 4 members (excludes halogenated alkanes) is 18. The monoisotopic (exact) mass is 860 g/mol. The summed E-state index contributed by atoms with van der Waals surface area (Å²) in [5, 5.41) is 0. The summed E-state index contributed by atoms with van der Waals surface area (Å²) in [5.41, 5.74) is 5.38. The number of esters is 1. The normalized spacial score (nSPS) is 14.1. The molecule has 9 heteroatoms. The molecule has 0 aliphatic carbocycles. The average Bonchev–Trinajstić information content (AvgIpc) is 3.24. The Labute approximate surface area is 368 Å². The van der Waals surface area contributed by atoms with Crippen LogP contribution in [0.3, 0.4) is 0 Å². The molecule has 2 atom stereocenters. The van der Waals surface area contributed by atoms with Crippen molar-refractivity contribution in [1.82, 2.24) is 0 Å². The Morgan fingerprint density at radius 3 is 1.42 bits per heavy atom. The van der Waals surface area contributed by atoms with Gasteiger partial charge in [0.15, 0.2) is 0 Å². The van der Waals surface area contributed by atoms with Crippen LogP contribution in [0.5, 0.6) is 0 Å². The van der Waals surface area contributed by atoms with E-state index in [0.717, 1.165) is 83.5 Å². The van der Waals surface area contributed by atoms with Crippen molar-refractivity contribution in [3.8, 4) is 0 Å². The highest BCUT2D eigenvalue weighted by Gasteiger charge is 2.25. The third-order valence-electron chi connectivity index (χ3n) is 9.80. The highest BCUT2D eigenvalue weighted by atomic mass is 31.2. The minimum atomic E-state index is -4.30. The molecule has 0 fully saturated rings. The molecule has 0 saturated carbocycles. The van der Waals surface area contributed by atoms with Gasteiger partial charge in [0.2, 0.25) is 0 Å². The molecular formula is C51H90NO7P. The van der Waals surface area contributed by atoms with Crippen LogP contribution in [0.2, 0.25) is 0 Å². The van der Waals surface area contributed by atoms with Gasteiger partial charge in [-0.1, -0.05) is 182 Å². The van der Waals surface area contributed by atoms with Crippen molar-refractivity contribution in [2.24, 2.45) is 5.73 Å². The van der Waals surface area contributed by atoms with Crippen molar-refractivity contribution in [1.29, 1.82) is 0 Å². The van der Waals surface area contributed by atoms with E-state index in [0.29, 0.717) is 13.0 Å². The van der Waals surface area contributed by atoms with Gasteiger partial charge in [0.1, 0.15) is 6.10 Å². The lowest BCUT2D eigenvalue weighted by Gasteiger charge is -2.20. The van der Waals surface area contributed by atoms with Gasteiger partial charge in [-0.25, -0.2) is 4.57 Å². The van der Waals surface area contributed by atoms with Gasteiger partial charge in [0, 0.05) is 19.6 Å². The third kappa shape index (κ3) is 46.7. The minimum Gasteiger partial charge on any atom is -0.457 e. The van der Waals surface area contributed by atoms with Gasteiger partial charge >= 0.3 is 13.8 Å². The number of allylic oxidation sites excluding steroid dienone is 14. The Morgan fingerprint density at radius 1 is 0.517 bits per heavy atom. The average molecular weight is 860 g/mol. The molecular weight excluding hydrogens is 770 g/mol. The van der Waals surface area contributed by atoms with Gasteiger partial charge in [0.25, 0.3) is 0 Å². The van der Waals surface area contributed by atoms with Crippen LogP contribution in [0, 0.1) is 0 Å². The molecule has 0 aliphatic heterocycles. The number of ether oxygens (including phenoxy) is 2. The van der Waals surface area contributed by atoms with Crippen molar-refractivity contribution >= 4 is 13.8 Å². The molecule has 0 aromatic heterocycles. The third-order valence-corrected chi connectivity index (χ3v) is 10.8. The summed E-state index contributed by atoms with van der Waals surface area (Å²) in [4.78, 5) is 22.6. The van der Waals surface area contributed by atoms with Crippen molar-refractivity contribution < 1.29 is 32.8 Å². The van der Waals surface area contributed by atoms with Gasteiger partial charge in [-0.2, -0.15) is 0 Å².